The second-order valence-corrected chi connectivity index (χ2v) is 6.67. The van der Waals surface area contributed by atoms with E-state index in [1.807, 2.05) is 31.2 Å². The Kier molecular flexibility index (Phi) is 5.56. The molecular formula is C19H20ClFN2O2. The van der Waals surface area contributed by atoms with E-state index in [1.165, 1.54) is 17.7 Å². The van der Waals surface area contributed by atoms with Gasteiger partial charge in [0.15, 0.2) is 11.6 Å². The molecule has 0 saturated carbocycles. The highest BCUT2D eigenvalue weighted by molar-refractivity contribution is 6.30. The number of carbonyl (C=O) groups is 1. The van der Waals surface area contributed by atoms with E-state index in [-0.39, 0.29) is 23.6 Å². The number of nitrogens with one attached hydrogen (secondary N) is 2. The Morgan fingerprint density at radius 2 is 1.96 bits per heavy atom. The van der Waals surface area contributed by atoms with Crippen LogP contribution in [0.2, 0.25) is 5.02 Å². The van der Waals surface area contributed by atoms with Crippen LogP contribution in [0, 0.1) is 11.7 Å². The average molecular weight is 363 g/mol. The number of halogens is 2. The molecule has 1 unspecified atom stereocenters. The lowest BCUT2D eigenvalue weighted by Crippen LogP contribution is -2.42. The first-order chi connectivity index (χ1) is 12.0. The van der Waals surface area contributed by atoms with E-state index in [2.05, 4.69) is 10.6 Å². The molecule has 0 spiro atoms. The van der Waals surface area contributed by atoms with Crippen LogP contribution in [0.5, 0.6) is 5.75 Å². The number of hydrogen-bond acceptors (Lipinski definition) is 3. The molecule has 1 saturated heterocycles. The molecule has 1 amide bonds. The summed E-state index contributed by atoms with van der Waals surface area (Å²) in [5.41, 5.74) is 1.18. The minimum absolute atomic E-state index is 0.0778. The number of ether oxygens (including phenoxy) is 1. The van der Waals surface area contributed by atoms with E-state index in [0.717, 1.165) is 13.1 Å². The standard InChI is InChI=1S/C19H20ClFN2O2/c1-12(23-19(24)25-18-5-3-2-4-17(18)21)15-10-22-11-16(15)13-6-8-14(20)9-7-13/h2-9,12,15-16,22H,10-11H2,1H3,(H,23,24)/t12?,15-,16-/m0/s1. The number of para-hydroxylation sites is 1. The van der Waals surface area contributed by atoms with E-state index in [0.29, 0.717) is 5.02 Å². The van der Waals surface area contributed by atoms with Crippen molar-refractivity contribution >= 4 is 17.7 Å². The molecule has 6 heteroatoms. The van der Waals surface area contributed by atoms with Crippen molar-refractivity contribution in [2.75, 3.05) is 13.1 Å². The predicted molar refractivity (Wildman–Crippen MR) is 95.6 cm³/mol. The van der Waals surface area contributed by atoms with Crippen LogP contribution < -0.4 is 15.4 Å². The zero-order chi connectivity index (χ0) is 17.8. The summed E-state index contributed by atoms with van der Waals surface area (Å²) in [6.07, 6.45) is -0.653. The largest absolute Gasteiger partial charge is 0.412 e. The third kappa shape index (κ3) is 4.30. The van der Waals surface area contributed by atoms with Gasteiger partial charge in [0.1, 0.15) is 0 Å². The first kappa shape index (κ1) is 17.7. The fourth-order valence-corrected chi connectivity index (χ4v) is 3.38. The summed E-state index contributed by atoms with van der Waals surface area (Å²) >= 11 is 5.96. The van der Waals surface area contributed by atoms with Crippen molar-refractivity contribution in [2.45, 2.75) is 18.9 Å². The monoisotopic (exact) mass is 362 g/mol. The van der Waals surface area contributed by atoms with Gasteiger partial charge < -0.3 is 15.4 Å². The maximum Gasteiger partial charge on any atom is 0.412 e. The number of hydrogen-bond donors (Lipinski definition) is 2. The van der Waals surface area contributed by atoms with Gasteiger partial charge in [0.25, 0.3) is 0 Å². The second kappa shape index (κ2) is 7.85. The summed E-state index contributed by atoms with van der Waals surface area (Å²) < 4.78 is 18.6. The predicted octanol–water partition coefficient (Wildman–Crippen LogP) is 3.96. The van der Waals surface area contributed by atoms with Gasteiger partial charge in [0.2, 0.25) is 0 Å². The maximum atomic E-state index is 13.6. The van der Waals surface area contributed by atoms with Crippen LogP contribution >= 0.6 is 11.6 Å². The van der Waals surface area contributed by atoms with Gasteiger partial charge in [-0.15, -0.1) is 0 Å². The van der Waals surface area contributed by atoms with Gasteiger partial charge in [0.05, 0.1) is 0 Å². The Morgan fingerprint density at radius 1 is 1.24 bits per heavy atom. The fraction of sp³-hybridized carbons (Fsp3) is 0.316. The Balaban J connectivity index is 1.63. The quantitative estimate of drug-likeness (QED) is 0.865. The zero-order valence-electron chi connectivity index (χ0n) is 13.8. The molecule has 0 aromatic heterocycles. The van der Waals surface area contributed by atoms with E-state index in [9.17, 15) is 9.18 Å². The molecule has 1 fully saturated rings. The molecule has 2 N–H and O–H groups in total. The molecule has 1 aliphatic rings. The fourth-order valence-electron chi connectivity index (χ4n) is 3.25. The van der Waals surface area contributed by atoms with Crippen LogP contribution in [-0.4, -0.2) is 25.2 Å². The van der Waals surface area contributed by atoms with Gasteiger partial charge in [0, 0.05) is 30.1 Å². The van der Waals surface area contributed by atoms with Crippen molar-refractivity contribution in [1.29, 1.82) is 0 Å². The second-order valence-electron chi connectivity index (χ2n) is 6.23. The molecule has 2 aromatic carbocycles. The Hall–Kier alpha value is -2.11. The number of amides is 1. The van der Waals surface area contributed by atoms with Crippen LogP contribution in [0.1, 0.15) is 18.4 Å². The summed E-state index contributed by atoms with van der Waals surface area (Å²) in [6.45, 7) is 3.55. The molecular weight excluding hydrogens is 343 g/mol. The van der Waals surface area contributed by atoms with Crippen molar-refractivity contribution in [3.8, 4) is 5.75 Å². The minimum Gasteiger partial charge on any atom is -0.407 e. The number of carbonyl (C=O) groups excluding carboxylic acids is 1. The van der Waals surface area contributed by atoms with Gasteiger partial charge in [-0.25, -0.2) is 9.18 Å². The van der Waals surface area contributed by atoms with Gasteiger partial charge in [-0.3, -0.25) is 0 Å². The molecule has 1 heterocycles. The van der Waals surface area contributed by atoms with Crippen LogP contribution in [0.4, 0.5) is 9.18 Å². The SMILES string of the molecule is CC(NC(=O)Oc1ccccc1F)[C@@H]1CNC[C@H]1c1ccc(Cl)cc1. The Morgan fingerprint density at radius 3 is 2.68 bits per heavy atom. The average Bonchev–Trinajstić information content (AvgIpc) is 3.07. The van der Waals surface area contributed by atoms with Gasteiger partial charge in [-0.2, -0.15) is 0 Å². The van der Waals surface area contributed by atoms with Crippen LogP contribution in [-0.2, 0) is 0 Å². The van der Waals surface area contributed by atoms with Crippen molar-refractivity contribution in [3.05, 3.63) is 64.9 Å². The van der Waals surface area contributed by atoms with Crippen molar-refractivity contribution in [1.82, 2.24) is 10.6 Å². The molecule has 132 valence electrons. The molecule has 3 rings (SSSR count). The molecule has 0 aliphatic carbocycles. The Bertz CT molecular complexity index is 738. The lowest BCUT2D eigenvalue weighted by molar-refractivity contribution is 0.189. The zero-order valence-corrected chi connectivity index (χ0v) is 14.6. The summed E-state index contributed by atoms with van der Waals surface area (Å²) in [6, 6.07) is 13.5. The highest BCUT2D eigenvalue weighted by Crippen LogP contribution is 2.31. The van der Waals surface area contributed by atoms with Crippen molar-refractivity contribution < 1.29 is 13.9 Å². The summed E-state index contributed by atoms with van der Waals surface area (Å²) in [5, 5.41) is 6.88. The Labute approximate surface area is 151 Å². The van der Waals surface area contributed by atoms with E-state index in [4.69, 9.17) is 16.3 Å². The molecule has 2 aromatic rings. The van der Waals surface area contributed by atoms with Crippen LogP contribution in [0.15, 0.2) is 48.5 Å². The molecule has 0 radical (unpaired) electrons. The maximum absolute atomic E-state index is 13.6. The normalized spacial score (nSPS) is 20.9. The smallest absolute Gasteiger partial charge is 0.407 e. The first-order valence-corrected chi connectivity index (χ1v) is 8.61. The molecule has 1 aliphatic heterocycles. The summed E-state index contributed by atoms with van der Waals surface area (Å²) in [7, 11) is 0. The third-order valence-electron chi connectivity index (χ3n) is 4.59. The van der Waals surface area contributed by atoms with Gasteiger partial charge in [-0.05, 0) is 42.7 Å². The van der Waals surface area contributed by atoms with Crippen molar-refractivity contribution in [2.24, 2.45) is 5.92 Å². The highest BCUT2D eigenvalue weighted by atomic mass is 35.5. The van der Waals surface area contributed by atoms with E-state index in [1.54, 1.807) is 12.1 Å². The van der Waals surface area contributed by atoms with E-state index >= 15 is 0 Å². The number of rotatable bonds is 4. The molecule has 0 bridgehead atoms. The topological polar surface area (TPSA) is 50.4 Å². The van der Waals surface area contributed by atoms with Crippen molar-refractivity contribution in [3.63, 3.8) is 0 Å². The number of benzene rings is 2. The van der Waals surface area contributed by atoms with Crippen LogP contribution in [0.3, 0.4) is 0 Å². The van der Waals surface area contributed by atoms with Gasteiger partial charge in [-0.1, -0.05) is 35.9 Å². The summed E-state index contributed by atoms with van der Waals surface area (Å²) in [5.74, 6) is -0.173. The van der Waals surface area contributed by atoms with Gasteiger partial charge >= 0.3 is 6.09 Å². The third-order valence-corrected chi connectivity index (χ3v) is 4.84. The first-order valence-electron chi connectivity index (χ1n) is 8.23. The molecule has 25 heavy (non-hydrogen) atoms. The lowest BCUT2D eigenvalue weighted by Gasteiger charge is -2.26. The summed E-state index contributed by atoms with van der Waals surface area (Å²) in [4.78, 5) is 12.1. The lowest BCUT2D eigenvalue weighted by atomic mass is 9.84. The molecule has 4 nitrogen and oxygen atoms in total. The molecule has 3 atom stereocenters. The highest BCUT2D eigenvalue weighted by Gasteiger charge is 2.33. The van der Waals surface area contributed by atoms with E-state index < -0.39 is 11.9 Å². The van der Waals surface area contributed by atoms with Crippen LogP contribution in [0.25, 0.3) is 0 Å². The minimum atomic E-state index is -0.653.